The van der Waals surface area contributed by atoms with E-state index in [4.69, 9.17) is 11.6 Å². The highest BCUT2D eigenvalue weighted by atomic mass is 35.5. The number of fused-ring (bicyclic) bond motifs is 1. The maximum absolute atomic E-state index is 6.27. The van der Waals surface area contributed by atoms with E-state index in [1.54, 1.807) is 17.1 Å². The molecule has 0 atom stereocenters. The third-order valence-corrected chi connectivity index (χ3v) is 4.24. The molecular weight excluding hydrogens is 326 g/mol. The maximum Gasteiger partial charge on any atom is 0.228 e. The molecule has 0 saturated heterocycles. The van der Waals surface area contributed by atoms with Gasteiger partial charge in [0.05, 0.1) is 17.6 Å². The van der Waals surface area contributed by atoms with Gasteiger partial charge in [0.1, 0.15) is 11.0 Å². The molecule has 0 unspecified atom stereocenters. The molecule has 0 radical (unpaired) electrons. The summed E-state index contributed by atoms with van der Waals surface area (Å²) < 4.78 is 3.86. The number of aromatic nitrogens is 5. The van der Waals surface area contributed by atoms with Crippen LogP contribution in [0.2, 0.25) is 0 Å². The monoisotopic (exact) mass is 341 g/mol. The van der Waals surface area contributed by atoms with Crippen LogP contribution < -0.4 is 5.32 Å². The predicted octanol–water partition coefficient (Wildman–Crippen LogP) is 2.81. The first-order valence-corrected chi connectivity index (χ1v) is 8.07. The Balaban J connectivity index is 1.67. The number of halogens is 1. The van der Waals surface area contributed by atoms with Crippen molar-refractivity contribution in [1.29, 1.82) is 0 Å². The molecule has 3 aromatic heterocycles. The molecule has 3 aromatic rings. The minimum absolute atomic E-state index is 0.525. The zero-order valence-electron chi connectivity index (χ0n) is 13.1. The average molecular weight is 342 g/mol. The molecule has 0 aromatic carbocycles. The van der Waals surface area contributed by atoms with Gasteiger partial charge in [-0.05, 0) is 18.6 Å². The lowest BCUT2D eigenvalue weighted by Gasteiger charge is -2.05. The standard InChI is InChI=1S/C16H16ClN7/c1-23-14(4-7-20-23)22-16-19-6-3-12(21-16)11-9-13-15(17)18-5-2-8-24(13)10-11/h3-4,6-7,9-10H,2,5,8H2,1H3,(H,19,21,22). The van der Waals surface area contributed by atoms with Crippen LogP contribution in [0, 0.1) is 0 Å². The molecule has 4 heterocycles. The fourth-order valence-electron chi connectivity index (χ4n) is 2.70. The van der Waals surface area contributed by atoms with Crippen LogP contribution >= 0.6 is 11.6 Å². The smallest absolute Gasteiger partial charge is 0.228 e. The van der Waals surface area contributed by atoms with Crippen LogP contribution in [0.15, 0.2) is 41.8 Å². The minimum Gasteiger partial charge on any atom is -0.345 e. The number of rotatable bonds is 3. The van der Waals surface area contributed by atoms with Gasteiger partial charge in [0.25, 0.3) is 0 Å². The van der Waals surface area contributed by atoms with Gasteiger partial charge < -0.3 is 9.88 Å². The van der Waals surface area contributed by atoms with Gasteiger partial charge in [-0.1, -0.05) is 11.6 Å². The van der Waals surface area contributed by atoms with Crippen molar-refractivity contribution in [1.82, 2.24) is 24.3 Å². The van der Waals surface area contributed by atoms with E-state index in [1.807, 2.05) is 25.2 Å². The highest BCUT2D eigenvalue weighted by Gasteiger charge is 2.15. The Morgan fingerprint density at radius 1 is 1.25 bits per heavy atom. The van der Waals surface area contributed by atoms with Crippen LogP contribution in [0.4, 0.5) is 11.8 Å². The summed E-state index contributed by atoms with van der Waals surface area (Å²) in [4.78, 5) is 13.2. The summed E-state index contributed by atoms with van der Waals surface area (Å²) in [6.07, 6.45) is 6.50. The lowest BCUT2D eigenvalue weighted by Crippen LogP contribution is -2.02. The van der Waals surface area contributed by atoms with E-state index in [-0.39, 0.29) is 0 Å². The van der Waals surface area contributed by atoms with Crippen molar-refractivity contribution in [2.45, 2.75) is 13.0 Å². The Kier molecular flexibility index (Phi) is 3.78. The Morgan fingerprint density at radius 2 is 2.17 bits per heavy atom. The van der Waals surface area contributed by atoms with E-state index >= 15 is 0 Å². The van der Waals surface area contributed by atoms with Crippen molar-refractivity contribution in [3.05, 3.63) is 42.5 Å². The lowest BCUT2D eigenvalue weighted by atomic mass is 10.2. The molecule has 8 heteroatoms. The van der Waals surface area contributed by atoms with Crippen LogP contribution in [-0.4, -0.2) is 36.0 Å². The Bertz CT molecular complexity index is 909. The summed E-state index contributed by atoms with van der Waals surface area (Å²) >= 11 is 6.27. The van der Waals surface area contributed by atoms with Gasteiger partial charge in [0, 0.05) is 44.2 Å². The van der Waals surface area contributed by atoms with Crippen molar-refractivity contribution >= 4 is 28.5 Å². The third kappa shape index (κ3) is 2.78. The molecule has 0 aliphatic carbocycles. The molecule has 7 nitrogen and oxygen atoms in total. The van der Waals surface area contributed by atoms with E-state index < -0.39 is 0 Å². The van der Waals surface area contributed by atoms with Gasteiger partial charge >= 0.3 is 0 Å². The second kappa shape index (κ2) is 6.09. The zero-order valence-corrected chi connectivity index (χ0v) is 13.9. The molecule has 0 fully saturated rings. The SMILES string of the molecule is Cn1nccc1Nc1nccc(-c2cc3n(c2)CCCN=C3Cl)n1. The highest BCUT2D eigenvalue weighted by Crippen LogP contribution is 2.24. The van der Waals surface area contributed by atoms with Gasteiger partial charge in [0.2, 0.25) is 5.95 Å². The summed E-state index contributed by atoms with van der Waals surface area (Å²) in [6.45, 7) is 1.67. The van der Waals surface area contributed by atoms with Gasteiger partial charge in [-0.2, -0.15) is 5.10 Å². The van der Waals surface area contributed by atoms with Crippen molar-refractivity contribution in [2.75, 3.05) is 11.9 Å². The van der Waals surface area contributed by atoms with Crippen LogP contribution in [0.1, 0.15) is 12.1 Å². The first kappa shape index (κ1) is 14.9. The van der Waals surface area contributed by atoms with E-state index in [1.165, 1.54) is 0 Å². The average Bonchev–Trinajstić information content (AvgIpc) is 3.15. The summed E-state index contributed by atoms with van der Waals surface area (Å²) in [7, 11) is 1.86. The number of aryl methyl sites for hydroxylation is 2. The second-order valence-electron chi connectivity index (χ2n) is 5.56. The Morgan fingerprint density at radius 3 is 3.00 bits per heavy atom. The number of anilines is 2. The van der Waals surface area contributed by atoms with Crippen LogP contribution in [0.25, 0.3) is 11.3 Å². The van der Waals surface area contributed by atoms with Crippen molar-refractivity contribution < 1.29 is 0 Å². The van der Waals surface area contributed by atoms with E-state index in [9.17, 15) is 0 Å². The fraction of sp³-hybridized carbons (Fsp3) is 0.250. The molecular formula is C16H16ClN7. The third-order valence-electron chi connectivity index (χ3n) is 3.93. The van der Waals surface area contributed by atoms with E-state index in [2.05, 4.69) is 36.1 Å². The minimum atomic E-state index is 0.525. The normalized spacial score (nSPS) is 14.0. The molecule has 0 saturated carbocycles. The summed E-state index contributed by atoms with van der Waals surface area (Å²) in [5, 5.41) is 7.84. The fourth-order valence-corrected chi connectivity index (χ4v) is 2.95. The molecule has 0 amide bonds. The topological polar surface area (TPSA) is 72.9 Å². The number of nitrogens with one attached hydrogen (secondary N) is 1. The first-order chi connectivity index (χ1) is 11.7. The van der Waals surface area contributed by atoms with Crippen molar-refractivity contribution in [3.8, 4) is 11.3 Å². The maximum atomic E-state index is 6.27. The Labute approximate surface area is 144 Å². The predicted molar refractivity (Wildman–Crippen MR) is 93.8 cm³/mol. The molecule has 1 aliphatic rings. The van der Waals surface area contributed by atoms with Gasteiger partial charge in [0.15, 0.2) is 0 Å². The molecule has 4 rings (SSSR count). The molecule has 122 valence electrons. The first-order valence-electron chi connectivity index (χ1n) is 7.69. The zero-order chi connectivity index (χ0) is 16.5. The second-order valence-corrected chi connectivity index (χ2v) is 5.92. The summed E-state index contributed by atoms with van der Waals surface area (Å²) in [5.41, 5.74) is 2.76. The van der Waals surface area contributed by atoms with Crippen LogP contribution in [-0.2, 0) is 13.6 Å². The quantitative estimate of drug-likeness (QED) is 0.795. The Hall–Kier alpha value is -2.67. The number of aliphatic imine (C=N–C) groups is 1. The van der Waals surface area contributed by atoms with Crippen LogP contribution in [0.3, 0.4) is 0 Å². The summed E-state index contributed by atoms with van der Waals surface area (Å²) in [5.74, 6) is 1.35. The van der Waals surface area contributed by atoms with Crippen LogP contribution in [0.5, 0.6) is 0 Å². The summed E-state index contributed by atoms with van der Waals surface area (Å²) in [6, 6.07) is 5.77. The van der Waals surface area contributed by atoms with E-state index in [0.717, 1.165) is 42.3 Å². The van der Waals surface area contributed by atoms with Gasteiger partial charge in [-0.25, -0.2) is 9.97 Å². The van der Waals surface area contributed by atoms with Gasteiger partial charge in [-0.15, -0.1) is 0 Å². The van der Waals surface area contributed by atoms with Gasteiger partial charge in [-0.3, -0.25) is 9.67 Å². The molecule has 0 bridgehead atoms. The molecule has 1 aliphatic heterocycles. The van der Waals surface area contributed by atoms with E-state index in [0.29, 0.717) is 11.1 Å². The number of hydrogen-bond acceptors (Lipinski definition) is 5. The molecule has 1 N–H and O–H groups in total. The highest BCUT2D eigenvalue weighted by molar-refractivity contribution is 6.69. The number of hydrogen-bond donors (Lipinski definition) is 1. The molecule has 0 spiro atoms. The molecule has 24 heavy (non-hydrogen) atoms. The number of nitrogens with zero attached hydrogens (tertiary/aromatic N) is 6. The largest absolute Gasteiger partial charge is 0.345 e. The van der Waals surface area contributed by atoms with Crippen molar-refractivity contribution in [3.63, 3.8) is 0 Å². The van der Waals surface area contributed by atoms with Crippen molar-refractivity contribution in [2.24, 2.45) is 12.0 Å². The lowest BCUT2D eigenvalue weighted by molar-refractivity contribution is 0.664.